The molecule has 1 aromatic heterocycles. The van der Waals surface area contributed by atoms with Gasteiger partial charge in [0.05, 0.1) is 0 Å². The molecular formula is C14H27N5. The van der Waals surface area contributed by atoms with E-state index >= 15 is 0 Å². The van der Waals surface area contributed by atoms with Crippen LogP contribution < -0.4 is 10.6 Å². The fourth-order valence-corrected chi connectivity index (χ4v) is 1.92. The van der Waals surface area contributed by atoms with E-state index in [0.717, 1.165) is 30.5 Å². The van der Waals surface area contributed by atoms with E-state index in [1.165, 1.54) is 0 Å². The second-order valence-corrected chi connectivity index (χ2v) is 5.47. The molecule has 0 fully saturated rings. The van der Waals surface area contributed by atoms with Crippen LogP contribution in [0.5, 0.6) is 0 Å². The standard InChI is InChI=1S/C14H27N5/c1-7-15-13-8-14(17-11(4)16-13)18-12(10(2)3)9-19(5)6/h8,10,12H,7,9H2,1-6H3,(H2,15,16,17,18). The molecule has 1 atom stereocenters. The Hall–Kier alpha value is -1.36. The predicted molar refractivity (Wildman–Crippen MR) is 81.7 cm³/mol. The van der Waals surface area contributed by atoms with E-state index in [9.17, 15) is 0 Å². The Morgan fingerprint density at radius 1 is 1.21 bits per heavy atom. The monoisotopic (exact) mass is 265 g/mol. The van der Waals surface area contributed by atoms with E-state index in [4.69, 9.17) is 0 Å². The third-order valence-electron chi connectivity index (χ3n) is 2.90. The molecule has 0 amide bonds. The Labute approximate surface area is 116 Å². The molecule has 1 aromatic rings. The highest BCUT2D eigenvalue weighted by Gasteiger charge is 2.15. The fraction of sp³-hybridized carbons (Fsp3) is 0.714. The zero-order chi connectivity index (χ0) is 14.4. The predicted octanol–water partition coefficient (Wildman–Crippen LogP) is 2.21. The van der Waals surface area contributed by atoms with Gasteiger partial charge in [0.25, 0.3) is 0 Å². The summed E-state index contributed by atoms with van der Waals surface area (Å²) in [4.78, 5) is 11.0. The quantitative estimate of drug-likeness (QED) is 0.791. The van der Waals surface area contributed by atoms with E-state index in [2.05, 4.69) is 60.4 Å². The van der Waals surface area contributed by atoms with Crippen molar-refractivity contribution in [2.24, 2.45) is 5.92 Å². The Morgan fingerprint density at radius 3 is 2.37 bits per heavy atom. The molecule has 1 heterocycles. The molecule has 0 saturated carbocycles. The van der Waals surface area contributed by atoms with Gasteiger partial charge in [-0.05, 0) is 33.9 Å². The first-order valence-corrected chi connectivity index (χ1v) is 6.93. The maximum atomic E-state index is 4.46. The minimum atomic E-state index is 0.374. The molecule has 0 aliphatic rings. The maximum Gasteiger partial charge on any atom is 0.132 e. The van der Waals surface area contributed by atoms with Crippen LogP contribution in [0.2, 0.25) is 0 Å². The molecule has 0 aliphatic heterocycles. The SMILES string of the molecule is CCNc1cc(NC(CN(C)C)C(C)C)nc(C)n1. The van der Waals surface area contributed by atoms with Crippen LogP contribution in [0.25, 0.3) is 0 Å². The van der Waals surface area contributed by atoms with Crippen molar-refractivity contribution in [2.45, 2.75) is 33.7 Å². The van der Waals surface area contributed by atoms with Gasteiger partial charge in [-0.2, -0.15) is 0 Å². The second kappa shape index (κ2) is 7.28. The summed E-state index contributed by atoms with van der Waals surface area (Å²) in [7, 11) is 4.18. The van der Waals surface area contributed by atoms with E-state index in [1.54, 1.807) is 0 Å². The molecule has 1 rings (SSSR count). The molecular weight excluding hydrogens is 238 g/mol. The topological polar surface area (TPSA) is 53.1 Å². The molecule has 5 nitrogen and oxygen atoms in total. The highest BCUT2D eigenvalue weighted by molar-refractivity contribution is 5.48. The first-order chi connectivity index (χ1) is 8.92. The van der Waals surface area contributed by atoms with E-state index < -0.39 is 0 Å². The van der Waals surface area contributed by atoms with Crippen LogP contribution in [0, 0.1) is 12.8 Å². The molecule has 0 aromatic carbocycles. The summed E-state index contributed by atoms with van der Waals surface area (Å²) in [5, 5.41) is 6.75. The molecule has 5 heteroatoms. The van der Waals surface area contributed by atoms with Crippen LogP contribution in [0.1, 0.15) is 26.6 Å². The lowest BCUT2D eigenvalue weighted by Gasteiger charge is -2.26. The minimum Gasteiger partial charge on any atom is -0.370 e. The van der Waals surface area contributed by atoms with E-state index in [0.29, 0.717) is 12.0 Å². The number of likely N-dealkylation sites (N-methyl/N-ethyl adjacent to an activating group) is 1. The first kappa shape index (κ1) is 15.7. The Morgan fingerprint density at radius 2 is 1.84 bits per heavy atom. The van der Waals surface area contributed by atoms with Crippen molar-refractivity contribution < 1.29 is 0 Å². The highest BCUT2D eigenvalue weighted by atomic mass is 15.1. The molecule has 0 saturated heterocycles. The average Bonchev–Trinajstić information content (AvgIpc) is 2.27. The van der Waals surface area contributed by atoms with Gasteiger partial charge in [0.15, 0.2) is 0 Å². The average molecular weight is 265 g/mol. The molecule has 0 spiro atoms. The number of anilines is 2. The van der Waals surface area contributed by atoms with Crippen LogP contribution >= 0.6 is 0 Å². The van der Waals surface area contributed by atoms with E-state index in [1.807, 2.05) is 13.0 Å². The fourth-order valence-electron chi connectivity index (χ4n) is 1.92. The van der Waals surface area contributed by atoms with Crippen molar-refractivity contribution in [3.05, 3.63) is 11.9 Å². The number of rotatable bonds is 7. The van der Waals surface area contributed by atoms with Crippen molar-refractivity contribution in [3.63, 3.8) is 0 Å². The molecule has 0 radical (unpaired) electrons. The third-order valence-corrected chi connectivity index (χ3v) is 2.90. The lowest BCUT2D eigenvalue weighted by atomic mass is 10.0. The Bertz CT molecular complexity index is 389. The number of hydrogen-bond acceptors (Lipinski definition) is 5. The van der Waals surface area contributed by atoms with Gasteiger partial charge in [-0.25, -0.2) is 9.97 Å². The van der Waals surface area contributed by atoms with E-state index in [-0.39, 0.29) is 0 Å². The maximum absolute atomic E-state index is 4.46. The Balaban J connectivity index is 2.83. The summed E-state index contributed by atoms with van der Waals surface area (Å²) in [5.41, 5.74) is 0. The zero-order valence-corrected chi connectivity index (χ0v) is 13.0. The van der Waals surface area contributed by atoms with Gasteiger partial charge < -0.3 is 15.5 Å². The largest absolute Gasteiger partial charge is 0.370 e. The van der Waals surface area contributed by atoms with Gasteiger partial charge in [0.2, 0.25) is 0 Å². The number of aryl methyl sites for hydroxylation is 1. The zero-order valence-electron chi connectivity index (χ0n) is 13.0. The second-order valence-electron chi connectivity index (χ2n) is 5.47. The minimum absolute atomic E-state index is 0.374. The summed E-state index contributed by atoms with van der Waals surface area (Å²) in [6.45, 7) is 10.3. The summed E-state index contributed by atoms with van der Waals surface area (Å²) < 4.78 is 0. The molecule has 2 N–H and O–H groups in total. The van der Waals surface area contributed by atoms with Gasteiger partial charge in [0.1, 0.15) is 17.5 Å². The van der Waals surface area contributed by atoms with Crippen LogP contribution in [0.15, 0.2) is 6.07 Å². The van der Waals surface area contributed by atoms with Gasteiger partial charge >= 0.3 is 0 Å². The summed E-state index contributed by atoms with van der Waals surface area (Å²) >= 11 is 0. The lowest BCUT2D eigenvalue weighted by molar-refractivity contribution is 0.344. The van der Waals surface area contributed by atoms with Crippen molar-refractivity contribution in [1.29, 1.82) is 0 Å². The summed E-state index contributed by atoms with van der Waals surface area (Å²) in [6, 6.07) is 2.35. The highest BCUT2D eigenvalue weighted by Crippen LogP contribution is 2.15. The van der Waals surface area contributed by atoms with Gasteiger partial charge in [-0.15, -0.1) is 0 Å². The molecule has 19 heavy (non-hydrogen) atoms. The number of nitrogens with one attached hydrogen (secondary N) is 2. The smallest absolute Gasteiger partial charge is 0.132 e. The number of aromatic nitrogens is 2. The number of nitrogens with zero attached hydrogens (tertiary/aromatic N) is 3. The Kier molecular flexibility index (Phi) is 6.02. The van der Waals surface area contributed by atoms with Gasteiger partial charge in [-0.3, -0.25) is 0 Å². The first-order valence-electron chi connectivity index (χ1n) is 6.93. The van der Waals surface area contributed by atoms with Crippen LogP contribution in [-0.4, -0.2) is 48.1 Å². The molecule has 1 unspecified atom stereocenters. The lowest BCUT2D eigenvalue weighted by Crippen LogP contribution is -2.36. The van der Waals surface area contributed by atoms with Crippen molar-refractivity contribution in [2.75, 3.05) is 37.8 Å². The number of hydrogen-bond donors (Lipinski definition) is 2. The van der Waals surface area contributed by atoms with Crippen LogP contribution in [0.3, 0.4) is 0 Å². The summed E-state index contributed by atoms with van der Waals surface area (Å²) in [5.74, 6) is 3.10. The van der Waals surface area contributed by atoms with Gasteiger partial charge in [0, 0.05) is 25.2 Å². The summed E-state index contributed by atoms with van der Waals surface area (Å²) in [6.07, 6.45) is 0. The normalized spacial score (nSPS) is 12.8. The van der Waals surface area contributed by atoms with Gasteiger partial charge in [-0.1, -0.05) is 13.8 Å². The molecule has 108 valence electrons. The molecule has 0 aliphatic carbocycles. The van der Waals surface area contributed by atoms with Crippen LogP contribution in [-0.2, 0) is 0 Å². The van der Waals surface area contributed by atoms with Crippen molar-refractivity contribution in [3.8, 4) is 0 Å². The van der Waals surface area contributed by atoms with Crippen LogP contribution in [0.4, 0.5) is 11.6 Å². The van der Waals surface area contributed by atoms with Crippen molar-refractivity contribution in [1.82, 2.24) is 14.9 Å². The third kappa shape index (κ3) is 5.42. The van der Waals surface area contributed by atoms with Crippen molar-refractivity contribution >= 4 is 11.6 Å². The molecule has 0 bridgehead atoms.